The number of aromatic nitrogens is 4. The van der Waals surface area contributed by atoms with Crippen molar-refractivity contribution in [2.45, 2.75) is 57.0 Å². The van der Waals surface area contributed by atoms with Crippen LogP contribution in [0, 0.1) is 0 Å². The Morgan fingerprint density at radius 1 is 1.37 bits per heavy atom. The van der Waals surface area contributed by atoms with Crippen LogP contribution in [-0.4, -0.2) is 42.1 Å². The molecule has 7 heteroatoms. The fourth-order valence-electron chi connectivity index (χ4n) is 2.69. The van der Waals surface area contributed by atoms with Gasteiger partial charge in [0.05, 0.1) is 11.8 Å². The molecular weight excluding hydrogens is 262 g/mol. The molecule has 1 unspecified atom stereocenters. The molecule has 104 valence electrons. The average molecular weight is 281 g/mol. The van der Waals surface area contributed by atoms with Crippen LogP contribution in [-0.2, 0) is 11.3 Å². The number of thioether (sulfide) groups is 1. The lowest BCUT2D eigenvalue weighted by Gasteiger charge is -2.36. The molecule has 0 aliphatic carbocycles. The van der Waals surface area contributed by atoms with Gasteiger partial charge in [-0.2, -0.15) is 0 Å². The predicted octanol–water partition coefficient (Wildman–Crippen LogP) is 1.60. The van der Waals surface area contributed by atoms with Crippen LogP contribution in [0.15, 0.2) is 0 Å². The number of β-lactam (4-membered cyclic amide) rings is 1. The first kappa shape index (κ1) is 12.9. The van der Waals surface area contributed by atoms with Crippen molar-refractivity contribution in [3.05, 3.63) is 5.82 Å². The van der Waals surface area contributed by atoms with Gasteiger partial charge in [0.25, 0.3) is 0 Å². The minimum absolute atomic E-state index is 0.0809. The topological polar surface area (TPSA) is 63.9 Å². The van der Waals surface area contributed by atoms with Gasteiger partial charge in [0.2, 0.25) is 5.91 Å². The van der Waals surface area contributed by atoms with Crippen molar-refractivity contribution in [1.82, 2.24) is 25.1 Å². The molecule has 3 heterocycles. The van der Waals surface area contributed by atoms with E-state index in [1.807, 2.05) is 21.3 Å². The lowest BCUT2D eigenvalue weighted by Crippen LogP contribution is -2.48. The molecule has 0 aromatic carbocycles. The van der Waals surface area contributed by atoms with E-state index in [9.17, 15) is 4.79 Å². The number of nitrogens with zero attached hydrogens (tertiary/aromatic N) is 5. The van der Waals surface area contributed by atoms with E-state index in [0.717, 1.165) is 24.5 Å². The summed E-state index contributed by atoms with van der Waals surface area (Å²) in [7, 11) is 0. The van der Waals surface area contributed by atoms with Crippen LogP contribution in [0.5, 0.6) is 0 Å². The summed E-state index contributed by atoms with van der Waals surface area (Å²) < 4.78 is 1.88. The smallest absolute Gasteiger partial charge is 0.227 e. The fourth-order valence-corrected chi connectivity index (χ4v) is 4.09. The quantitative estimate of drug-likeness (QED) is 0.585. The van der Waals surface area contributed by atoms with E-state index in [1.165, 1.54) is 19.3 Å². The second-order valence-corrected chi connectivity index (χ2v) is 6.34. The van der Waals surface area contributed by atoms with E-state index < -0.39 is 0 Å². The van der Waals surface area contributed by atoms with Gasteiger partial charge in [-0.3, -0.25) is 4.79 Å². The molecule has 0 saturated carbocycles. The Morgan fingerprint density at radius 3 is 3.05 bits per heavy atom. The zero-order valence-electron chi connectivity index (χ0n) is 11.2. The highest BCUT2D eigenvalue weighted by Crippen LogP contribution is 2.45. The first-order valence-electron chi connectivity index (χ1n) is 7.00. The maximum Gasteiger partial charge on any atom is 0.227 e. The highest BCUT2D eigenvalue weighted by molar-refractivity contribution is 8.00. The fraction of sp³-hybridized carbons (Fsp3) is 0.833. The van der Waals surface area contributed by atoms with Crippen LogP contribution < -0.4 is 0 Å². The van der Waals surface area contributed by atoms with Crippen molar-refractivity contribution in [1.29, 1.82) is 0 Å². The summed E-state index contributed by atoms with van der Waals surface area (Å²) in [5.41, 5.74) is 0. The summed E-state index contributed by atoms with van der Waals surface area (Å²) in [4.78, 5) is 13.6. The van der Waals surface area contributed by atoms with Gasteiger partial charge < -0.3 is 4.90 Å². The van der Waals surface area contributed by atoms with Crippen LogP contribution in [0.3, 0.4) is 0 Å². The lowest BCUT2D eigenvalue weighted by molar-refractivity contribution is -0.143. The minimum atomic E-state index is 0.0809. The molecule has 0 radical (unpaired) electrons. The van der Waals surface area contributed by atoms with Crippen LogP contribution in [0.4, 0.5) is 0 Å². The van der Waals surface area contributed by atoms with E-state index in [4.69, 9.17) is 0 Å². The monoisotopic (exact) mass is 281 g/mol. The van der Waals surface area contributed by atoms with E-state index in [0.29, 0.717) is 11.8 Å². The van der Waals surface area contributed by atoms with Crippen molar-refractivity contribution in [2.24, 2.45) is 0 Å². The molecule has 2 saturated heterocycles. The molecule has 2 fully saturated rings. The average Bonchev–Trinajstić information content (AvgIpc) is 2.97. The molecule has 1 amide bonds. The molecule has 0 N–H and O–H groups in total. The summed E-state index contributed by atoms with van der Waals surface area (Å²) in [6, 6.07) is 0.0809. The second-order valence-electron chi connectivity index (χ2n) is 5.13. The first-order chi connectivity index (χ1) is 9.31. The first-order valence-corrected chi connectivity index (χ1v) is 8.05. The summed E-state index contributed by atoms with van der Waals surface area (Å²) in [5.74, 6) is 2.02. The zero-order valence-corrected chi connectivity index (χ0v) is 12.0. The Labute approximate surface area is 116 Å². The van der Waals surface area contributed by atoms with Gasteiger partial charge in [-0.05, 0) is 16.8 Å². The van der Waals surface area contributed by atoms with E-state index in [1.54, 1.807) is 0 Å². The Hall–Kier alpha value is -1.11. The van der Waals surface area contributed by atoms with Crippen molar-refractivity contribution in [2.75, 3.05) is 5.75 Å². The highest BCUT2D eigenvalue weighted by Gasteiger charge is 2.48. The van der Waals surface area contributed by atoms with Gasteiger partial charge >= 0.3 is 0 Å². The number of amides is 1. The predicted molar refractivity (Wildman–Crippen MR) is 72.4 cm³/mol. The molecular formula is C12H19N5OS. The Kier molecular flexibility index (Phi) is 3.72. The molecule has 1 aromatic rings. The number of carbonyl (C=O) groups excluding carboxylic acids is 1. The minimum Gasteiger partial charge on any atom is -0.319 e. The van der Waals surface area contributed by atoms with Crippen molar-refractivity contribution >= 4 is 17.7 Å². The molecule has 2 atom stereocenters. The number of unbranched alkanes of at least 4 members (excludes halogenated alkanes) is 3. The molecule has 6 nitrogen and oxygen atoms in total. The number of fused-ring (bicyclic) bond motifs is 1. The summed E-state index contributed by atoms with van der Waals surface area (Å²) >= 11 is 1.84. The van der Waals surface area contributed by atoms with Crippen molar-refractivity contribution in [3.63, 3.8) is 0 Å². The maximum atomic E-state index is 11.7. The molecule has 0 bridgehead atoms. The molecule has 2 aliphatic rings. The third-order valence-corrected chi connectivity index (χ3v) is 5.10. The molecule has 19 heavy (non-hydrogen) atoms. The lowest BCUT2D eigenvalue weighted by atomic mass is 10.1. The third-order valence-electron chi connectivity index (χ3n) is 3.81. The highest BCUT2D eigenvalue weighted by atomic mass is 32.2. The molecule has 0 spiro atoms. The molecule has 3 rings (SSSR count). The third kappa shape index (κ3) is 2.35. The van der Waals surface area contributed by atoms with Gasteiger partial charge in [0, 0.05) is 12.3 Å². The van der Waals surface area contributed by atoms with E-state index in [-0.39, 0.29) is 11.9 Å². The van der Waals surface area contributed by atoms with Crippen LogP contribution >= 0.6 is 11.8 Å². The van der Waals surface area contributed by atoms with Crippen LogP contribution in [0.25, 0.3) is 0 Å². The number of aryl methyl sites for hydroxylation is 1. The summed E-state index contributed by atoms with van der Waals surface area (Å²) in [6.45, 7) is 3.06. The standard InChI is InChI=1S/C12H19N5OS/c1-2-3-4-5-6-16-12(13-14-15-16)9-8-19-11-7-10(18)17(9)11/h9,11H,2-8H2,1H3/t9?,11-/m0/s1. The Balaban J connectivity index is 1.65. The zero-order chi connectivity index (χ0) is 13.2. The number of hydrogen-bond acceptors (Lipinski definition) is 5. The van der Waals surface area contributed by atoms with Crippen molar-refractivity contribution < 1.29 is 4.79 Å². The van der Waals surface area contributed by atoms with Crippen LogP contribution in [0.2, 0.25) is 0 Å². The van der Waals surface area contributed by atoms with Gasteiger partial charge in [0.1, 0.15) is 6.04 Å². The van der Waals surface area contributed by atoms with Gasteiger partial charge in [-0.25, -0.2) is 4.68 Å². The van der Waals surface area contributed by atoms with Crippen molar-refractivity contribution in [3.8, 4) is 0 Å². The number of tetrazole rings is 1. The summed E-state index contributed by atoms with van der Waals surface area (Å²) in [6.07, 6.45) is 5.47. The SMILES string of the molecule is CCCCCCn1nnnc1C1CS[C@H]2CC(=O)N12. The normalized spacial score (nSPS) is 25.5. The van der Waals surface area contributed by atoms with E-state index in [2.05, 4.69) is 22.4 Å². The van der Waals surface area contributed by atoms with Crippen LogP contribution in [0.1, 0.15) is 50.9 Å². The molecule has 2 aliphatic heterocycles. The van der Waals surface area contributed by atoms with Gasteiger partial charge in [-0.1, -0.05) is 26.2 Å². The van der Waals surface area contributed by atoms with Gasteiger partial charge in [0.15, 0.2) is 5.82 Å². The number of carbonyl (C=O) groups is 1. The second kappa shape index (κ2) is 5.48. The Morgan fingerprint density at radius 2 is 2.26 bits per heavy atom. The number of rotatable bonds is 6. The number of hydrogen-bond donors (Lipinski definition) is 0. The van der Waals surface area contributed by atoms with E-state index >= 15 is 0 Å². The largest absolute Gasteiger partial charge is 0.319 e. The summed E-state index contributed by atoms with van der Waals surface area (Å²) in [5, 5.41) is 12.4. The van der Waals surface area contributed by atoms with Gasteiger partial charge in [-0.15, -0.1) is 16.9 Å². The molecule has 1 aromatic heterocycles. The maximum absolute atomic E-state index is 11.7. The Bertz CT molecular complexity index is 463.